The molecule has 2 saturated carbocycles. The molecule has 0 atom stereocenters. The lowest BCUT2D eigenvalue weighted by molar-refractivity contribution is 0.0723. The minimum absolute atomic E-state index is 0.0322. The van der Waals surface area contributed by atoms with Crippen molar-refractivity contribution in [1.82, 2.24) is 20.4 Å². The van der Waals surface area contributed by atoms with Crippen LogP contribution < -0.4 is 5.32 Å². The summed E-state index contributed by atoms with van der Waals surface area (Å²) in [7, 11) is 0. The number of hydrogen-bond acceptors (Lipinski definition) is 3. The Balaban J connectivity index is 1.30. The lowest BCUT2D eigenvalue weighted by atomic mass is 10.1. The highest BCUT2D eigenvalue weighted by atomic mass is 35.5. The van der Waals surface area contributed by atoms with Crippen molar-refractivity contribution in [3.05, 3.63) is 76.4 Å². The molecule has 2 aromatic carbocycles. The fourth-order valence-electron chi connectivity index (χ4n) is 3.59. The van der Waals surface area contributed by atoms with Crippen molar-refractivity contribution < 1.29 is 9.59 Å². The summed E-state index contributed by atoms with van der Waals surface area (Å²) in [5.74, 6) is -0.103. The van der Waals surface area contributed by atoms with Crippen LogP contribution in [0.2, 0.25) is 5.02 Å². The van der Waals surface area contributed by atoms with Gasteiger partial charge in [-0.3, -0.25) is 14.7 Å². The topological polar surface area (TPSA) is 78.1 Å². The molecule has 1 aromatic heterocycles. The van der Waals surface area contributed by atoms with Gasteiger partial charge in [-0.2, -0.15) is 5.10 Å². The van der Waals surface area contributed by atoms with Crippen molar-refractivity contribution in [3.8, 4) is 11.3 Å². The number of hydrogen-bond donors (Lipinski definition) is 2. The number of carbonyl (C=O) groups excluding carboxylic acids is 2. The average molecular weight is 435 g/mol. The van der Waals surface area contributed by atoms with Crippen LogP contribution in [-0.2, 0) is 6.54 Å². The second-order valence-corrected chi connectivity index (χ2v) is 8.72. The molecule has 2 aliphatic rings. The molecule has 2 amide bonds. The van der Waals surface area contributed by atoms with Crippen LogP contribution in [0.1, 0.15) is 52.1 Å². The molecule has 6 nitrogen and oxygen atoms in total. The van der Waals surface area contributed by atoms with Crippen molar-refractivity contribution in [2.75, 3.05) is 0 Å². The molecule has 31 heavy (non-hydrogen) atoms. The Morgan fingerprint density at radius 1 is 1.06 bits per heavy atom. The third kappa shape index (κ3) is 4.64. The van der Waals surface area contributed by atoms with E-state index in [-0.39, 0.29) is 17.9 Å². The van der Waals surface area contributed by atoms with E-state index in [4.69, 9.17) is 11.6 Å². The number of amides is 2. The Kier molecular flexibility index (Phi) is 5.24. The summed E-state index contributed by atoms with van der Waals surface area (Å²) in [5.41, 5.74) is 3.66. The predicted octanol–water partition coefficient (Wildman–Crippen LogP) is 4.43. The highest BCUT2D eigenvalue weighted by Crippen LogP contribution is 2.30. The first-order chi connectivity index (χ1) is 15.1. The van der Waals surface area contributed by atoms with Gasteiger partial charge in [-0.15, -0.1) is 0 Å². The van der Waals surface area contributed by atoms with Crippen LogP contribution in [0.25, 0.3) is 11.3 Å². The van der Waals surface area contributed by atoms with Crippen molar-refractivity contribution in [2.24, 2.45) is 0 Å². The van der Waals surface area contributed by atoms with E-state index in [0.29, 0.717) is 34.6 Å². The van der Waals surface area contributed by atoms with E-state index < -0.39 is 0 Å². The number of aromatic nitrogens is 2. The standard InChI is InChI=1S/C24H23ClN4O2/c25-18-3-1-2-17(12-18)21-13-22(28-27-21)24(31)29(20-10-11-20)14-15-4-6-16(7-5-15)23(30)26-19-8-9-19/h1-7,12-13,19-20H,8-11,14H2,(H,26,30)(H,27,28). The summed E-state index contributed by atoms with van der Waals surface area (Å²) >= 11 is 6.07. The third-order valence-electron chi connectivity index (χ3n) is 5.66. The molecule has 0 aliphatic heterocycles. The molecule has 7 heteroatoms. The largest absolute Gasteiger partial charge is 0.349 e. The van der Waals surface area contributed by atoms with Crippen LogP contribution in [0.3, 0.4) is 0 Å². The van der Waals surface area contributed by atoms with Gasteiger partial charge in [0.05, 0.1) is 5.69 Å². The van der Waals surface area contributed by atoms with Gasteiger partial charge in [0.25, 0.3) is 11.8 Å². The Labute approximate surface area is 185 Å². The average Bonchev–Trinajstić information content (AvgIpc) is 3.71. The van der Waals surface area contributed by atoms with Crippen molar-refractivity contribution in [3.63, 3.8) is 0 Å². The molecular weight excluding hydrogens is 412 g/mol. The number of halogens is 1. The van der Waals surface area contributed by atoms with E-state index in [1.807, 2.05) is 47.4 Å². The van der Waals surface area contributed by atoms with E-state index in [1.165, 1.54) is 0 Å². The summed E-state index contributed by atoms with van der Waals surface area (Å²) in [6.07, 6.45) is 4.13. The van der Waals surface area contributed by atoms with Crippen LogP contribution in [0.4, 0.5) is 0 Å². The normalized spacial score (nSPS) is 15.5. The number of benzene rings is 2. The number of carbonyl (C=O) groups is 2. The van der Waals surface area contributed by atoms with E-state index >= 15 is 0 Å². The molecule has 2 fully saturated rings. The van der Waals surface area contributed by atoms with Crippen LogP contribution in [0, 0.1) is 0 Å². The summed E-state index contributed by atoms with van der Waals surface area (Å²) < 4.78 is 0. The predicted molar refractivity (Wildman–Crippen MR) is 119 cm³/mol. The molecule has 158 valence electrons. The summed E-state index contributed by atoms with van der Waals surface area (Å²) in [5, 5.41) is 10.8. The van der Waals surface area contributed by atoms with Crippen LogP contribution >= 0.6 is 11.6 Å². The zero-order chi connectivity index (χ0) is 21.4. The number of rotatable bonds is 7. The van der Waals surface area contributed by atoms with E-state index in [1.54, 1.807) is 12.1 Å². The number of H-pyrrole nitrogens is 1. The second kappa shape index (κ2) is 8.19. The van der Waals surface area contributed by atoms with Gasteiger partial charge < -0.3 is 10.2 Å². The monoisotopic (exact) mass is 434 g/mol. The molecule has 2 N–H and O–H groups in total. The van der Waals surface area contributed by atoms with Gasteiger partial charge in [0.15, 0.2) is 0 Å². The van der Waals surface area contributed by atoms with Crippen LogP contribution in [-0.4, -0.2) is 39.0 Å². The molecule has 5 rings (SSSR count). The molecule has 0 saturated heterocycles. The molecule has 3 aromatic rings. The molecule has 0 spiro atoms. The first-order valence-electron chi connectivity index (χ1n) is 10.6. The van der Waals surface area contributed by atoms with Crippen molar-refractivity contribution in [2.45, 2.75) is 44.3 Å². The van der Waals surface area contributed by atoms with E-state index in [9.17, 15) is 9.59 Å². The van der Waals surface area contributed by atoms with E-state index in [0.717, 1.165) is 36.8 Å². The Hall–Kier alpha value is -3.12. The fourth-order valence-corrected chi connectivity index (χ4v) is 3.78. The highest BCUT2D eigenvalue weighted by molar-refractivity contribution is 6.30. The minimum Gasteiger partial charge on any atom is -0.349 e. The van der Waals surface area contributed by atoms with Gasteiger partial charge in [-0.1, -0.05) is 35.9 Å². The number of aromatic amines is 1. The Bertz CT molecular complexity index is 1120. The fraction of sp³-hybridized carbons (Fsp3) is 0.292. The third-order valence-corrected chi connectivity index (χ3v) is 5.89. The minimum atomic E-state index is -0.0705. The van der Waals surface area contributed by atoms with Gasteiger partial charge in [-0.25, -0.2) is 0 Å². The first-order valence-corrected chi connectivity index (χ1v) is 11.0. The smallest absolute Gasteiger partial charge is 0.272 e. The quantitative estimate of drug-likeness (QED) is 0.577. The molecule has 0 unspecified atom stereocenters. The lowest BCUT2D eigenvalue weighted by Gasteiger charge is -2.22. The van der Waals surface area contributed by atoms with Gasteiger partial charge in [0.2, 0.25) is 0 Å². The maximum Gasteiger partial charge on any atom is 0.272 e. The van der Waals surface area contributed by atoms with Crippen LogP contribution in [0.5, 0.6) is 0 Å². The SMILES string of the molecule is O=C(NC1CC1)c1ccc(CN(C(=O)c2cc(-c3cccc(Cl)c3)n[nH]2)C2CC2)cc1. The lowest BCUT2D eigenvalue weighted by Crippen LogP contribution is -2.33. The van der Waals surface area contributed by atoms with Crippen molar-refractivity contribution >= 4 is 23.4 Å². The van der Waals surface area contributed by atoms with Crippen molar-refractivity contribution in [1.29, 1.82) is 0 Å². The molecule has 1 heterocycles. The Morgan fingerprint density at radius 2 is 1.84 bits per heavy atom. The molecule has 0 radical (unpaired) electrons. The van der Waals surface area contributed by atoms with Gasteiger partial charge in [0.1, 0.15) is 5.69 Å². The molecule has 0 bridgehead atoms. The zero-order valence-corrected chi connectivity index (χ0v) is 17.7. The summed E-state index contributed by atoms with van der Waals surface area (Å²) in [6, 6.07) is 17.3. The highest BCUT2D eigenvalue weighted by Gasteiger charge is 2.34. The van der Waals surface area contributed by atoms with Crippen LogP contribution in [0.15, 0.2) is 54.6 Å². The summed E-state index contributed by atoms with van der Waals surface area (Å²) in [4.78, 5) is 27.3. The van der Waals surface area contributed by atoms with Gasteiger partial charge in [0, 0.05) is 34.8 Å². The molecule has 2 aliphatic carbocycles. The van der Waals surface area contributed by atoms with Gasteiger partial charge >= 0.3 is 0 Å². The van der Waals surface area contributed by atoms with Gasteiger partial charge in [-0.05, 0) is 61.6 Å². The second-order valence-electron chi connectivity index (χ2n) is 8.29. The zero-order valence-electron chi connectivity index (χ0n) is 17.0. The summed E-state index contributed by atoms with van der Waals surface area (Å²) in [6.45, 7) is 0.500. The number of nitrogens with one attached hydrogen (secondary N) is 2. The maximum absolute atomic E-state index is 13.2. The van der Waals surface area contributed by atoms with E-state index in [2.05, 4.69) is 15.5 Å². The maximum atomic E-state index is 13.2. The Morgan fingerprint density at radius 3 is 2.52 bits per heavy atom. The molecular formula is C24H23ClN4O2. The number of nitrogens with zero attached hydrogens (tertiary/aromatic N) is 2. The first kappa shape index (κ1) is 19.8.